The van der Waals surface area contributed by atoms with Crippen molar-refractivity contribution in [2.45, 2.75) is 78.4 Å². The van der Waals surface area contributed by atoms with Gasteiger partial charge in [-0.3, -0.25) is 0 Å². The Kier molecular flexibility index (Phi) is 4.28. The van der Waals surface area contributed by atoms with Crippen molar-refractivity contribution < 1.29 is 10.2 Å². The first-order valence-electron chi connectivity index (χ1n) is 9.08. The fourth-order valence-corrected chi connectivity index (χ4v) is 5.49. The Morgan fingerprint density at radius 3 is 2.59 bits per heavy atom. The molecule has 0 saturated heterocycles. The van der Waals surface area contributed by atoms with E-state index in [-0.39, 0.29) is 5.41 Å². The van der Waals surface area contributed by atoms with Gasteiger partial charge < -0.3 is 10.2 Å². The second-order valence-corrected chi connectivity index (χ2v) is 8.40. The van der Waals surface area contributed by atoms with E-state index in [9.17, 15) is 10.2 Å². The quantitative estimate of drug-likeness (QED) is 0.658. The minimum absolute atomic E-state index is 0.160. The van der Waals surface area contributed by atoms with Crippen LogP contribution < -0.4 is 0 Å². The maximum Gasteiger partial charge on any atom is 0.102 e. The molecule has 3 aliphatic carbocycles. The number of hydrogen-bond acceptors (Lipinski definition) is 2. The first kappa shape index (κ1) is 16.3. The molecule has 1 fully saturated rings. The zero-order valence-corrected chi connectivity index (χ0v) is 14.6. The molecule has 22 heavy (non-hydrogen) atoms. The van der Waals surface area contributed by atoms with Gasteiger partial charge in [-0.05, 0) is 75.7 Å². The van der Waals surface area contributed by atoms with E-state index >= 15 is 0 Å². The summed E-state index contributed by atoms with van der Waals surface area (Å²) in [7, 11) is 0. The topological polar surface area (TPSA) is 40.5 Å². The van der Waals surface area contributed by atoms with Gasteiger partial charge in [0.15, 0.2) is 0 Å². The van der Waals surface area contributed by atoms with Crippen LogP contribution in [0.2, 0.25) is 0 Å². The highest BCUT2D eigenvalue weighted by Gasteiger charge is 2.55. The Hall–Kier alpha value is -0.600. The SMILES string of the molecule is CC1=C2CC[C@@H](C)CC/C=C(/C)[C@@H]3CC[C@](C)([C@H](O)[C@H]2O)[C@H]13. The largest absolute Gasteiger partial charge is 0.389 e. The summed E-state index contributed by atoms with van der Waals surface area (Å²) in [5.41, 5.74) is 3.87. The van der Waals surface area contributed by atoms with E-state index < -0.39 is 12.2 Å². The molecule has 124 valence electrons. The highest BCUT2D eigenvalue weighted by molar-refractivity contribution is 5.33. The molecule has 0 aromatic rings. The van der Waals surface area contributed by atoms with Gasteiger partial charge in [-0.15, -0.1) is 0 Å². The van der Waals surface area contributed by atoms with Crippen molar-refractivity contribution in [3.8, 4) is 0 Å². The van der Waals surface area contributed by atoms with E-state index in [1.165, 1.54) is 24.0 Å². The Labute approximate surface area is 135 Å². The number of aliphatic hydroxyl groups excluding tert-OH is 2. The van der Waals surface area contributed by atoms with Gasteiger partial charge in [0.25, 0.3) is 0 Å². The molecule has 2 nitrogen and oxygen atoms in total. The standard InChI is InChI=1S/C20H32O2/c1-12-6-5-7-13(2)15-10-11-20(4)17(15)14(3)16(9-8-12)18(21)19(20)22/h7,12,15,17-19,21-22H,5-6,8-11H2,1-4H3/b13-7-/t12-,15-,17+,18-,19+,20-/m0/s1. The van der Waals surface area contributed by atoms with Gasteiger partial charge in [-0.2, -0.15) is 0 Å². The van der Waals surface area contributed by atoms with Gasteiger partial charge >= 0.3 is 0 Å². The lowest BCUT2D eigenvalue weighted by atomic mass is 9.61. The molecule has 3 aliphatic rings. The minimum atomic E-state index is -0.655. The van der Waals surface area contributed by atoms with Crippen LogP contribution in [0, 0.1) is 23.2 Å². The molecule has 2 bridgehead atoms. The number of rotatable bonds is 0. The highest BCUT2D eigenvalue weighted by atomic mass is 16.3. The third-order valence-corrected chi connectivity index (χ3v) is 7.03. The van der Waals surface area contributed by atoms with E-state index in [0.717, 1.165) is 31.3 Å². The molecule has 0 unspecified atom stereocenters. The van der Waals surface area contributed by atoms with E-state index in [4.69, 9.17) is 0 Å². The summed E-state index contributed by atoms with van der Waals surface area (Å²) >= 11 is 0. The van der Waals surface area contributed by atoms with Crippen molar-refractivity contribution in [2.75, 3.05) is 0 Å². The lowest BCUT2D eigenvalue weighted by Gasteiger charge is -2.47. The molecule has 3 rings (SSSR count). The van der Waals surface area contributed by atoms with Crippen LogP contribution in [-0.4, -0.2) is 22.4 Å². The molecular weight excluding hydrogens is 272 g/mol. The number of hydrogen-bond donors (Lipinski definition) is 2. The molecule has 1 saturated carbocycles. The Morgan fingerprint density at radius 2 is 1.86 bits per heavy atom. The van der Waals surface area contributed by atoms with Crippen molar-refractivity contribution in [2.24, 2.45) is 23.2 Å². The molecule has 0 amide bonds. The molecular formula is C20H32O2. The van der Waals surface area contributed by atoms with Crippen LogP contribution in [0.4, 0.5) is 0 Å². The van der Waals surface area contributed by atoms with E-state index in [1.807, 2.05) is 0 Å². The molecule has 0 aliphatic heterocycles. The Bertz CT molecular complexity index is 504. The Balaban J connectivity index is 2.09. The number of allylic oxidation sites excluding steroid dienone is 3. The average Bonchev–Trinajstić information content (AvgIpc) is 2.83. The Morgan fingerprint density at radius 1 is 1.14 bits per heavy atom. The van der Waals surface area contributed by atoms with Crippen LogP contribution in [0.3, 0.4) is 0 Å². The molecule has 0 radical (unpaired) electrons. The normalized spacial score (nSPS) is 48.6. The summed E-state index contributed by atoms with van der Waals surface area (Å²) in [6.45, 7) is 9.01. The van der Waals surface area contributed by atoms with Gasteiger partial charge in [0.2, 0.25) is 0 Å². The second kappa shape index (κ2) is 5.79. The van der Waals surface area contributed by atoms with Gasteiger partial charge in [-0.1, -0.05) is 31.1 Å². The molecule has 2 N–H and O–H groups in total. The van der Waals surface area contributed by atoms with Gasteiger partial charge in [0, 0.05) is 5.41 Å². The lowest BCUT2D eigenvalue weighted by molar-refractivity contribution is -0.0699. The van der Waals surface area contributed by atoms with Crippen molar-refractivity contribution in [1.29, 1.82) is 0 Å². The molecule has 6 atom stereocenters. The summed E-state index contributed by atoms with van der Waals surface area (Å²) in [6, 6.07) is 0. The van der Waals surface area contributed by atoms with E-state index in [2.05, 4.69) is 33.8 Å². The van der Waals surface area contributed by atoms with Gasteiger partial charge in [0.1, 0.15) is 6.10 Å². The minimum Gasteiger partial charge on any atom is -0.389 e. The van der Waals surface area contributed by atoms with Gasteiger partial charge in [-0.25, -0.2) is 0 Å². The van der Waals surface area contributed by atoms with Crippen LogP contribution in [0.5, 0.6) is 0 Å². The maximum absolute atomic E-state index is 10.8. The van der Waals surface area contributed by atoms with Crippen LogP contribution in [-0.2, 0) is 0 Å². The van der Waals surface area contributed by atoms with E-state index in [1.54, 1.807) is 0 Å². The molecule has 0 aromatic carbocycles. The van der Waals surface area contributed by atoms with Crippen LogP contribution in [0.25, 0.3) is 0 Å². The average molecular weight is 304 g/mol. The van der Waals surface area contributed by atoms with Crippen LogP contribution in [0.1, 0.15) is 66.2 Å². The molecule has 0 spiro atoms. The zero-order valence-electron chi connectivity index (χ0n) is 14.6. The van der Waals surface area contributed by atoms with Gasteiger partial charge in [0.05, 0.1) is 6.10 Å². The van der Waals surface area contributed by atoms with Crippen molar-refractivity contribution in [1.82, 2.24) is 0 Å². The molecule has 2 heteroatoms. The summed E-state index contributed by atoms with van der Waals surface area (Å²) < 4.78 is 0. The van der Waals surface area contributed by atoms with E-state index in [0.29, 0.717) is 17.8 Å². The lowest BCUT2D eigenvalue weighted by Crippen LogP contribution is -2.50. The zero-order chi connectivity index (χ0) is 16.1. The van der Waals surface area contributed by atoms with Crippen LogP contribution in [0.15, 0.2) is 22.8 Å². The highest BCUT2D eigenvalue weighted by Crippen LogP contribution is 2.59. The monoisotopic (exact) mass is 304 g/mol. The first-order valence-corrected chi connectivity index (χ1v) is 9.08. The maximum atomic E-state index is 10.8. The number of aliphatic hydroxyl groups is 2. The molecule has 0 aromatic heterocycles. The predicted octanol–water partition coefficient (Wildman–Crippen LogP) is 4.23. The summed E-state index contributed by atoms with van der Waals surface area (Å²) in [5, 5.41) is 21.6. The van der Waals surface area contributed by atoms with Crippen molar-refractivity contribution in [3.63, 3.8) is 0 Å². The predicted molar refractivity (Wildman–Crippen MR) is 90.4 cm³/mol. The third kappa shape index (κ3) is 2.39. The van der Waals surface area contributed by atoms with Crippen molar-refractivity contribution >= 4 is 0 Å². The summed E-state index contributed by atoms with van der Waals surface area (Å²) in [6.07, 6.45) is 7.83. The third-order valence-electron chi connectivity index (χ3n) is 7.03. The fourth-order valence-electron chi connectivity index (χ4n) is 5.49. The second-order valence-electron chi connectivity index (χ2n) is 8.40. The first-order chi connectivity index (χ1) is 10.4. The molecule has 0 heterocycles. The van der Waals surface area contributed by atoms with Crippen molar-refractivity contribution in [3.05, 3.63) is 22.8 Å². The van der Waals surface area contributed by atoms with Crippen LogP contribution >= 0.6 is 0 Å². The smallest absolute Gasteiger partial charge is 0.102 e. The summed E-state index contributed by atoms with van der Waals surface area (Å²) in [4.78, 5) is 0. The fraction of sp³-hybridized carbons (Fsp3) is 0.800. The summed E-state index contributed by atoms with van der Waals surface area (Å²) in [5.74, 6) is 1.64.